The fourth-order valence-corrected chi connectivity index (χ4v) is 5.23. The molecule has 5 rings (SSSR count). The minimum absolute atomic E-state index is 0.233. The van der Waals surface area contributed by atoms with Crippen LogP contribution >= 0.6 is 0 Å². The number of pyridine rings is 1. The van der Waals surface area contributed by atoms with Gasteiger partial charge in [-0.05, 0) is 75.4 Å². The minimum Gasteiger partial charge on any atom is -0.358 e. The first-order valence-electron chi connectivity index (χ1n) is 11.8. The number of likely N-dealkylation sites (tertiary alicyclic amines) is 1. The van der Waals surface area contributed by atoms with Gasteiger partial charge in [0.05, 0.1) is 5.69 Å². The first kappa shape index (κ1) is 21.4. The van der Waals surface area contributed by atoms with E-state index in [2.05, 4.69) is 62.3 Å². The van der Waals surface area contributed by atoms with Gasteiger partial charge in [0, 0.05) is 65.7 Å². The maximum Gasteiger partial charge on any atom is 0.222 e. The molecule has 170 valence electrons. The number of fused-ring (bicyclic) bond motifs is 1. The number of hydrogen-bond acceptors (Lipinski definition) is 3. The number of benzene rings is 1. The molecule has 0 spiro atoms. The summed E-state index contributed by atoms with van der Waals surface area (Å²) in [5.74, 6) is 0.521. The Morgan fingerprint density at radius 2 is 1.97 bits per heavy atom. The van der Waals surface area contributed by atoms with Crippen LogP contribution in [0.15, 0.2) is 42.7 Å². The lowest BCUT2D eigenvalue weighted by Gasteiger charge is -2.33. The summed E-state index contributed by atoms with van der Waals surface area (Å²) in [6.45, 7) is 7.75. The van der Waals surface area contributed by atoms with Crippen LogP contribution < -0.4 is 0 Å². The van der Waals surface area contributed by atoms with E-state index in [0.29, 0.717) is 6.42 Å². The summed E-state index contributed by atoms with van der Waals surface area (Å²) in [6.07, 6.45) is 7.06. The molecule has 1 amide bonds. The SMILES string of the molecule is Cc1ccc2[nH]c(C3CCCN(C(=O)CCc4c(C)n[nH]c4C)C3)c(-c3ccncc3)c2c1. The molecule has 1 aromatic carbocycles. The molecule has 2 N–H and O–H groups in total. The molecule has 0 radical (unpaired) electrons. The summed E-state index contributed by atoms with van der Waals surface area (Å²) in [6, 6.07) is 10.7. The number of H-pyrrole nitrogens is 2. The summed E-state index contributed by atoms with van der Waals surface area (Å²) < 4.78 is 0. The third-order valence-electron chi connectivity index (χ3n) is 7.00. The van der Waals surface area contributed by atoms with Crippen molar-refractivity contribution in [2.75, 3.05) is 13.1 Å². The topological polar surface area (TPSA) is 77.7 Å². The van der Waals surface area contributed by atoms with Gasteiger partial charge in [0.1, 0.15) is 0 Å². The Labute approximate surface area is 194 Å². The number of aromatic nitrogens is 4. The van der Waals surface area contributed by atoms with Gasteiger partial charge < -0.3 is 9.88 Å². The summed E-state index contributed by atoms with van der Waals surface area (Å²) in [5, 5.41) is 8.53. The molecule has 6 nitrogen and oxygen atoms in total. The average Bonchev–Trinajstić information content (AvgIpc) is 3.37. The van der Waals surface area contributed by atoms with Crippen molar-refractivity contribution >= 4 is 16.8 Å². The highest BCUT2D eigenvalue weighted by molar-refractivity contribution is 5.98. The highest BCUT2D eigenvalue weighted by atomic mass is 16.2. The van der Waals surface area contributed by atoms with Crippen molar-refractivity contribution in [3.63, 3.8) is 0 Å². The molecule has 0 aliphatic carbocycles. The van der Waals surface area contributed by atoms with Gasteiger partial charge in [-0.3, -0.25) is 14.9 Å². The first-order chi connectivity index (χ1) is 16.0. The third-order valence-corrected chi connectivity index (χ3v) is 7.00. The Morgan fingerprint density at radius 3 is 2.73 bits per heavy atom. The van der Waals surface area contributed by atoms with Crippen molar-refractivity contribution in [2.24, 2.45) is 0 Å². The maximum absolute atomic E-state index is 13.1. The second-order valence-corrected chi connectivity index (χ2v) is 9.29. The second-order valence-electron chi connectivity index (χ2n) is 9.29. The van der Waals surface area contributed by atoms with Crippen LogP contribution in [-0.4, -0.2) is 44.1 Å². The Morgan fingerprint density at radius 1 is 1.15 bits per heavy atom. The van der Waals surface area contributed by atoms with E-state index in [4.69, 9.17) is 0 Å². The molecule has 0 bridgehead atoms. The number of aromatic amines is 2. The molecule has 1 unspecified atom stereocenters. The molecule has 1 atom stereocenters. The number of nitrogens with one attached hydrogen (secondary N) is 2. The van der Waals surface area contributed by atoms with Crippen molar-refractivity contribution in [2.45, 2.75) is 52.4 Å². The van der Waals surface area contributed by atoms with E-state index in [0.717, 1.165) is 49.3 Å². The van der Waals surface area contributed by atoms with Gasteiger partial charge in [-0.2, -0.15) is 5.10 Å². The Bertz CT molecular complexity index is 1270. The fourth-order valence-electron chi connectivity index (χ4n) is 5.23. The van der Waals surface area contributed by atoms with E-state index < -0.39 is 0 Å². The standard InChI is InChI=1S/C27H31N5O/c1-17-6-8-24-23(15-17)26(20-10-12-28-13-11-20)27(29-24)21-5-4-14-32(16-21)25(33)9-7-22-18(2)30-31-19(22)3/h6,8,10-13,15,21,29H,4-5,7,9,14,16H2,1-3H3,(H,30,31). The van der Waals surface area contributed by atoms with Crippen LogP contribution in [-0.2, 0) is 11.2 Å². The number of rotatable bonds is 5. The van der Waals surface area contributed by atoms with Crippen molar-refractivity contribution in [3.8, 4) is 11.1 Å². The van der Waals surface area contributed by atoms with Crippen molar-refractivity contribution < 1.29 is 4.79 Å². The monoisotopic (exact) mass is 441 g/mol. The van der Waals surface area contributed by atoms with Crippen LogP contribution in [0.4, 0.5) is 0 Å². The van der Waals surface area contributed by atoms with Gasteiger partial charge in [0.15, 0.2) is 0 Å². The van der Waals surface area contributed by atoms with Gasteiger partial charge in [0.25, 0.3) is 0 Å². The molecule has 3 aromatic heterocycles. The van der Waals surface area contributed by atoms with Gasteiger partial charge in [-0.15, -0.1) is 0 Å². The van der Waals surface area contributed by atoms with Crippen LogP contribution in [0.25, 0.3) is 22.0 Å². The summed E-state index contributed by atoms with van der Waals surface area (Å²) in [5.41, 5.74) is 9.28. The third kappa shape index (κ3) is 4.17. The van der Waals surface area contributed by atoms with Crippen LogP contribution in [0, 0.1) is 20.8 Å². The number of carbonyl (C=O) groups excluding carboxylic acids is 1. The fraction of sp³-hybridized carbons (Fsp3) is 0.370. The van der Waals surface area contributed by atoms with E-state index in [9.17, 15) is 4.79 Å². The zero-order valence-corrected chi connectivity index (χ0v) is 19.6. The highest BCUT2D eigenvalue weighted by Gasteiger charge is 2.28. The van der Waals surface area contributed by atoms with Crippen molar-refractivity contribution in [3.05, 3.63) is 70.9 Å². The van der Waals surface area contributed by atoms with E-state index in [1.807, 2.05) is 26.2 Å². The van der Waals surface area contributed by atoms with Gasteiger partial charge in [0.2, 0.25) is 5.91 Å². The van der Waals surface area contributed by atoms with Crippen LogP contribution in [0.3, 0.4) is 0 Å². The second kappa shape index (κ2) is 8.85. The number of nitrogens with zero attached hydrogens (tertiary/aromatic N) is 3. The molecular formula is C27H31N5O. The predicted molar refractivity (Wildman–Crippen MR) is 131 cm³/mol. The Hall–Kier alpha value is -3.41. The Kier molecular flexibility index (Phi) is 5.75. The lowest BCUT2D eigenvalue weighted by atomic mass is 9.89. The molecule has 1 aliphatic rings. The highest BCUT2D eigenvalue weighted by Crippen LogP contribution is 2.39. The molecule has 1 saturated heterocycles. The van der Waals surface area contributed by atoms with E-state index in [-0.39, 0.29) is 11.8 Å². The van der Waals surface area contributed by atoms with E-state index in [1.165, 1.54) is 33.3 Å². The molecule has 33 heavy (non-hydrogen) atoms. The normalized spacial score (nSPS) is 16.5. The molecular weight excluding hydrogens is 410 g/mol. The zero-order chi connectivity index (χ0) is 22.9. The van der Waals surface area contributed by atoms with Crippen LogP contribution in [0.2, 0.25) is 0 Å². The molecule has 6 heteroatoms. The molecule has 0 saturated carbocycles. The van der Waals surface area contributed by atoms with Gasteiger partial charge in [-0.25, -0.2) is 0 Å². The van der Waals surface area contributed by atoms with Crippen LogP contribution in [0.5, 0.6) is 0 Å². The minimum atomic E-state index is 0.233. The molecule has 1 aliphatic heterocycles. The number of carbonyl (C=O) groups is 1. The van der Waals surface area contributed by atoms with Gasteiger partial charge in [-0.1, -0.05) is 11.6 Å². The Balaban J connectivity index is 1.41. The molecule has 4 aromatic rings. The number of amides is 1. The molecule has 4 heterocycles. The zero-order valence-electron chi connectivity index (χ0n) is 19.6. The number of piperidine rings is 1. The van der Waals surface area contributed by atoms with Crippen LogP contribution in [0.1, 0.15) is 53.4 Å². The smallest absolute Gasteiger partial charge is 0.222 e. The molecule has 1 fully saturated rings. The summed E-state index contributed by atoms with van der Waals surface area (Å²) >= 11 is 0. The average molecular weight is 442 g/mol. The maximum atomic E-state index is 13.1. The quantitative estimate of drug-likeness (QED) is 0.446. The summed E-state index contributed by atoms with van der Waals surface area (Å²) in [7, 11) is 0. The van der Waals surface area contributed by atoms with Crippen molar-refractivity contribution in [1.82, 2.24) is 25.1 Å². The number of hydrogen-bond donors (Lipinski definition) is 2. The van der Waals surface area contributed by atoms with E-state index in [1.54, 1.807) is 0 Å². The largest absolute Gasteiger partial charge is 0.358 e. The van der Waals surface area contributed by atoms with Gasteiger partial charge >= 0.3 is 0 Å². The summed E-state index contributed by atoms with van der Waals surface area (Å²) in [4.78, 5) is 23.1. The lowest BCUT2D eigenvalue weighted by molar-refractivity contribution is -0.132. The van der Waals surface area contributed by atoms with E-state index >= 15 is 0 Å². The first-order valence-corrected chi connectivity index (χ1v) is 11.8. The van der Waals surface area contributed by atoms with Crippen molar-refractivity contribution in [1.29, 1.82) is 0 Å². The lowest BCUT2D eigenvalue weighted by Crippen LogP contribution is -2.39. The number of aryl methyl sites for hydroxylation is 3. The predicted octanol–water partition coefficient (Wildman–Crippen LogP) is 5.22.